The van der Waals surface area contributed by atoms with Crippen LogP contribution in [0.25, 0.3) is 11.3 Å². The molecule has 0 atom stereocenters. The third-order valence-corrected chi connectivity index (χ3v) is 4.85. The molecule has 0 spiro atoms. The Balaban J connectivity index is 1.86. The number of benzene rings is 1. The molecule has 9 heteroatoms. The van der Waals surface area contributed by atoms with Crippen molar-refractivity contribution in [1.29, 1.82) is 0 Å². The van der Waals surface area contributed by atoms with Crippen LogP contribution >= 0.6 is 22.9 Å². The van der Waals surface area contributed by atoms with Crippen LogP contribution in [0.1, 0.15) is 15.4 Å². The van der Waals surface area contributed by atoms with Crippen LogP contribution in [0.2, 0.25) is 0 Å². The van der Waals surface area contributed by atoms with E-state index in [1.807, 2.05) is 23.6 Å². The van der Waals surface area contributed by atoms with Gasteiger partial charge in [-0.15, -0.1) is 16.4 Å². The van der Waals surface area contributed by atoms with E-state index in [2.05, 4.69) is 19.9 Å². The number of amides is 1. The number of aryl methyl sites for hydroxylation is 1. The summed E-state index contributed by atoms with van der Waals surface area (Å²) in [6.45, 7) is 1.74. The number of hydrogen-bond donors (Lipinski definition) is 1. The molecule has 7 nitrogen and oxygen atoms in total. The van der Waals surface area contributed by atoms with Crippen molar-refractivity contribution in [3.8, 4) is 22.8 Å². The van der Waals surface area contributed by atoms with Crippen molar-refractivity contribution >= 4 is 33.9 Å². The highest BCUT2D eigenvalue weighted by Gasteiger charge is 2.16. The van der Waals surface area contributed by atoms with Gasteiger partial charge in [0.2, 0.25) is 0 Å². The van der Waals surface area contributed by atoms with Gasteiger partial charge >= 0.3 is 0 Å². The van der Waals surface area contributed by atoms with Gasteiger partial charge in [-0.25, -0.2) is 4.98 Å². The first kappa shape index (κ1) is 16.3. The second-order valence-corrected chi connectivity index (χ2v) is 6.36. The summed E-state index contributed by atoms with van der Waals surface area (Å²) in [7, 11) is 3.20. The molecule has 3 rings (SSSR count). The van der Waals surface area contributed by atoms with E-state index in [1.54, 1.807) is 21.1 Å². The fourth-order valence-electron chi connectivity index (χ4n) is 2.06. The number of rotatable bonds is 5. The van der Waals surface area contributed by atoms with Crippen molar-refractivity contribution in [3.05, 3.63) is 34.2 Å². The molecule has 0 aliphatic heterocycles. The zero-order valence-electron chi connectivity index (χ0n) is 13.2. The zero-order chi connectivity index (χ0) is 17.1. The maximum Gasteiger partial charge on any atom is 0.271 e. The summed E-state index contributed by atoms with van der Waals surface area (Å²) in [5.41, 5.74) is 2.10. The van der Waals surface area contributed by atoms with E-state index in [4.69, 9.17) is 9.47 Å². The summed E-state index contributed by atoms with van der Waals surface area (Å²) in [6, 6.07) is 5.48. The minimum Gasteiger partial charge on any atom is -0.497 e. The fourth-order valence-corrected chi connectivity index (χ4v) is 3.32. The van der Waals surface area contributed by atoms with Crippen LogP contribution in [0.5, 0.6) is 11.5 Å². The van der Waals surface area contributed by atoms with Gasteiger partial charge in [-0.05, 0) is 36.7 Å². The lowest BCUT2D eigenvalue weighted by atomic mass is 10.1. The van der Waals surface area contributed by atoms with E-state index in [-0.39, 0.29) is 5.91 Å². The van der Waals surface area contributed by atoms with Gasteiger partial charge in [-0.1, -0.05) is 4.49 Å². The fraction of sp³-hybridized carbons (Fsp3) is 0.200. The Morgan fingerprint density at radius 2 is 2.08 bits per heavy atom. The lowest BCUT2D eigenvalue weighted by molar-refractivity contribution is 0.103. The zero-order valence-corrected chi connectivity index (χ0v) is 14.8. The number of thiazole rings is 1. The third kappa shape index (κ3) is 3.22. The molecule has 0 saturated carbocycles. The largest absolute Gasteiger partial charge is 0.497 e. The SMILES string of the molecule is COc1ccc(OC)c(-c2csc(NC(=O)c3snnc3C)n2)c1. The molecule has 2 heterocycles. The average molecular weight is 362 g/mol. The lowest BCUT2D eigenvalue weighted by Crippen LogP contribution is -2.11. The predicted octanol–water partition coefficient (Wildman–Crippen LogP) is 3.24. The number of methoxy groups -OCH3 is 2. The van der Waals surface area contributed by atoms with E-state index in [0.29, 0.717) is 32.9 Å². The van der Waals surface area contributed by atoms with Gasteiger partial charge in [0.15, 0.2) is 5.13 Å². The van der Waals surface area contributed by atoms with E-state index in [9.17, 15) is 4.79 Å². The number of carbonyl (C=O) groups excluding carboxylic acids is 1. The van der Waals surface area contributed by atoms with Crippen molar-refractivity contribution in [2.45, 2.75) is 6.92 Å². The number of aromatic nitrogens is 3. The molecule has 0 aliphatic carbocycles. The van der Waals surface area contributed by atoms with Crippen LogP contribution in [-0.4, -0.2) is 34.7 Å². The Kier molecular flexibility index (Phi) is 4.72. The predicted molar refractivity (Wildman–Crippen MR) is 93.3 cm³/mol. The van der Waals surface area contributed by atoms with E-state index >= 15 is 0 Å². The smallest absolute Gasteiger partial charge is 0.271 e. The quantitative estimate of drug-likeness (QED) is 0.750. The summed E-state index contributed by atoms with van der Waals surface area (Å²) in [5, 5.41) is 8.95. The highest BCUT2D eigenvalue weighted by molar-refractivity contribution is 7.14. The Morgan fingerprint density at radius 1 is 1.25 bits per heavy atom. The Hall–Kier alpha value is -2.52. The summed E-state index contributed by atoms with van der Waals surface area (Å²) in [6.07, 6.45) is 0. The number of nitrogens with zero attached hydrogens (tertiary/aromatic N) is 3. The number of hydrogen-bond acceptors (Lipinski definition) is 8. The Labute approximate surface area is 146 Å². The normalized spacial score (nSPS) is 10.5. The monoisotopic (exact) mass is 362 g/mol. The molecule has 2 aromatic heterocycles. The van der Waals surface area contributed by atoms with Gasteiger partial charge in [0.05, 0.1) is 25.6 Å². The summed E-state index contributed by atoms with van der Waals surface area (Å²) < 4.78 is 14.4. The van der Waals surface area contributed by atoms with E-state index in [0.717, 1.165) is 17.1 Å². The summed E-state index contributed by atoms with van der Waals surface area (Å²) in [4.78, 5) is 17.1. The van der Waals surface area contributed by atoms with Crippen LogP contribution in [0.3, 0.4) is 0 Å². The maximum atomic E-state index is 12.2. The van der Waals surface area contributed by atoms with Gasteiger partial charge in [-0.3, -0.25) is 10.1 Å². The van der Waals surface area contributed by atoms with Crippen molar-refractivity contribution in [3.63, 3.8) is 0 Å². The maximum absolute atomic E-state index is 12.2. The van der Waals surface area contributed by atoms with Gasteiger partial charge in [0.25, 0.3) is 5.91 Å². The Bertz CT molecular complexity index is 875. The second kappa shape index (κ2) is 6.93. The standard InChI is InChI=1S/C15H14N4O3S2/c1-8-13(24-19-18-8)14(20)17-15-16-11(7-23-15)10-6-9(21-2)4-5-12(10)22-3/h4-7H,1-3H3,(H,16,17,20). The topological polar surface area (TPSA) is 86.2 Å². The molecule has 3 aromatic rings. The first-order valence-electron chi connectivity index (χ1n) is 6.90. The molecular formula is C15H14N4O3S2. The van der Waals surface area contributed by atoms with Gasteiger partial charge in [0, 0.05) is 10.9 Å². The van der Waals surface area contributed by atoms with Crippen LogP contribution in [0.4, 0.5) is 5.13 Å². The molecule has 24 heavy (non-hydrogen) atoms. The van der Waals surface area contributed by atoms with Crippen LogP contribution in [0, 0.1) is 6.92 Å². The molecule has 1 aromatic carbocycles. The van der Waals surface area contributed by atoms with Crippen molar-refractivity contribution in [2.24, 2.45) is 0 Å². The average Bonchev–Trinajstić information content (AvgIpc) is 3.23. The minimum absolute atomic E-state index is 0.263. The van der Waals surface area contributed by atoms with Crippen molar-refractivity contribution < 1.29 is 14.3 Å². The number of carbonyl (C=O) groups is 1. The van der Waals surface area contributed by atoms with Crippen molar-refractivity contribution in [2.75, 3.05) is 19.5 Å². The van der Waals surface area contributed by atoms with Crippen LogP contribution < -0.4 is 14.8 Å². The first-order valence-corrected chi connectivity index (χ1v) is 8.56. The highest BCUT2D eigenvalue weighted by Crippen LogP contribution is 2.35. The highest BCUT2D eigenvalue weighted by atomic mass is 32.1. The van der Waals surface area contributed by atoms with Gasteiger partial charge < -0.3 is 9.47 Å². The first-order chi connectivity index (χ1) is 11.6. The molecule has 0 fully saturated rings. The van der Waals surface area contributed by atoms with Crippen molar-refractivity contribution in [1.82, 2.24) is 14.6 Å². The number of nitrogens with one attached hydrogen (secondary N) is 1. The number of ether oxygens (including phenoxy) is 2. The van der Waals surface area contributed by atoms with E-state index < -0.39 is 0 Å². The molecule has 0 radical (unpaired) electrons. The molecule has 0 aliphatic rings. The molecule has 0 unspecified atom stereocenters. The second-order valence-electron chi connectivity index (χ2n) is 4.75. The van der Waals surface area contributed by atoms with Crippen LogP contribution in [-0.2, 0) is 0 Å². The van der Waals surface area contributed by atoms with E-state index in [1.165, 1.54) is 11.3 Å². The third-order valence-electron chi connectivity index (χ3n) is 3.27. The number of anilines is 1. The molecular weight excluding hydrogens is 348 g/mol. The Morgan fingerprint density at radius 3 is 2.75 bits per heavy atom. The summed E-state index contributed by atoms with van der Waals surface area (Å²) >= 11 is 2.39. The van der Waals surface area contributed by atoms with Crippen LogP contribution in [0.15, 0.2) is 23.6 Å². The molecule has 124 valence electrons. The minimum atomic E-state index is -0.263. The molecule has 1 N–H and O–H groups in total. The molecule has 0 bridgehead atoms. The van der Waals surface area contributed by atoms with Gasteiger partial charge in [-0.2, -0.15) is 0 Å². The summed E-state index contributed by atoms with van der Waals surface area (Å²) in [5.74, 6) is 1.12. The molecule has 0 saturated heterocycles. The lowest BCUT2D eigenvalue weighted by Gasteiger charge is -2.08. The van der Waals surface area contributed by atoms with Gasteiger partial charge in [0.1, 0.15) is 16.4 Å². The molecule has 1 amide bonds.